The van der Waals surface area contributed by atoms with Crippen molar-refractivity contribution in [1.82, 2.24) is 24.6 Å². The van der Waals surface area contributed by atoms with Gasteiger partial charge in [0.25, 0.3) is 0 Å². The Morgan fingerprint density at radius 2 is 1.73 bits per heavy atom. The molecule has 0 aliphatic heterocycles. The quantitative estimate of drug-likeness (QED) is 0.360. The Balaban J connectivity index is 1.37. The van der Waals surface area contributed by atoms with E-state index in [1.165, 1.54) is 17.5 Å². The summed E-state index contributed by atoms with van der Waals surface area (Å²) in [5.74, 6) is 1.00. The number of nitrogens with one attached hydrogen (secondary N) is 2. The predicted molar refractivity (Wildman–Crippen MR) is 135 cm³/mol. The Labute approximate surface area is 199 Å². The number of hydrogen-bond acceptors (Lipinski definition) is 4. The summed E-state index contributed by atoms with van der Waals surface area (Å²) in [6.45, 7) is 8.82. The van der Waals surface area contributed by atoms with Crippen molar-refractivity contribution in [3.8, 4) is 5.69 Å². The smallest absolute Gasteiger partial charge is 0.325 e. The monoisotopic (exact) mass is 459 g/mol. The fraction of sp³-hybridized carbons (Fsp3) is 0.269. The van der Waals surface area contributed by atoms with Crippen LogP contribution >= 0.6 is 11.9 Å². The molecule has 0 atom stereocenters. The first-order valence-electron chi connectivity index (χ1n) is 11.2. The van der Waals surface area contributed by atoms with Crippen LogP contribution in [-0.2, 0) is 12.8 Å². The summed E-state index contributed by atoms with van der Waals surface area (Å²) in [5, 5.41) is 2.91. The van der Waals surface area contributed by atoms with E-state index in [0.717, 1.165) is 57.2 Å². The molecule has 2 amide bonds. The summed E-state index contributed by atoms with van der Waals surface area (Å²) in [4.78, 5) is 22.7. The van der Waals surface area contributed by atoms with E-state index < -0.39 is 0 Å². The van der Waals surface area contributed by atoms with E-state index in [1.54, 1.807) is 0 Å². The second kappa shape index (κ2) is 10.1. The van der Waals surface area contributed by atoms with Crippen LogP contribution in [0.2, 0.25) is 0 Å². The van der Waals surface area contributed by atoms with Crippen molar-refractivity contribution in [2.24, 2.45) is 0 Å². The molecule has 0 radical (unpaired) electrons. The summed E-state index contributed by atoms with van der Waals surface area (Å²) in [6.07, 6.45) is 1.58. The van der Waals surface area contributed by atoms with Crippen LogP contribution in [0, 0.1) is 20.8 Å². The predicted octanol–water partition coefficient (Wildman–Crippen LogP) is 5.46. The first-order valence-corrected chi connectivity index (χ1v) is 12.0. The maximum absolute atomic E-state index is 12.1. The van der Waals surface area contributed by atoms with Crippen molar-refractivity contribution >= 4 is 29.1 Å². The lowest BCUT2D eigenvalue weighted by molar-refractivity contribution is 0.246. The van der Waals surface area contributed by atoms with Crippen molar-refractivity contribution in [3.05, 3.63) is 82.8 Å². The number of hydrogen-bond donors (Lipinski definition) is 2. The van der Waals surface area contributed by atoms with Crippen LogP contribution in [0.4, 0.5) is 4.79 Å². The van der Waals surface area contributed by atoms with E-state index in [4.69, 9.17) is 9.97 Å². The van der Waals surface area contributed by atoms with Gasteiger partial charge in [0, 0.05) is 29.2 Å². The number of fused-ring (bicyclic) bond motifs is 1. The van der Waals surface area contributed by atoms with Crippen LogP contribution < -0.4 is 10.0 Å². The Hall–Kier alpha value is -3.32. The van der Waals surface area contributed by atoms with Crippen molar-refractivity contribution in [3.63, 3.8) is 0 Å². The highest BCUT2D eigenvalue weighted by Gasteiger charge is 2.14. The van der Waals surface area contributed by atoms with E-state index >= 15 is 0 Å². The minimum atomic E-state index is -0.188. The number of aromatic nitrogens is 3. The zero-order valence-electron chi connectivity index (χ0n) is 19.5. The summed E-state index contributed by atoms with van der Waals surface area (Å²) in [5.41, 5.74) is 7.41. The molecular weight excluding hydrogens is 430 g/mol. The molecule has 2 aromatic carbocycles. The van der Waals surface area contributed by atoms with Crippen LogP contribution in [0.3, 0.4) is 0 Å². The molecule has 7 heteroatoms. The highest BCUT2D eigenvalue weighted by atomic mass is 32.2. The molecule has 0 aliphatic carbocycles. The van der Waals surface area contributed by atoms with Crippen LogP contribution in [0.15, 0.2) is 59.5 Å². The Morgan fingerprint density at radius 1 is 1.00 bits per heavy atom. The van der Waals surface area contributed by atoms with Crippen molar-refractivity contribution in [2.45, 2.75) is 45.4 Å². The Morgan fingerprint density at radius 3 is 2.42 bits per heavy atom. The van der Waals surface area contributed by atoms with E-state index in [1.807, 2.05) is 38.1 Å². The summed E-state index contributed by atoms with van der Waals surface area (Å²) in [6, 6.07) is 18.3. The molecule has 2 aromatic heterocycles. The number of nitrogens with zero attached hydrogens (tertiary/aromatic N) is 3. The minimum Gasteiger partial charge on any atom is -0.337 e. The average Bonchev–Trinajstić information content (AvgIpc) is 3.18. The fourth-order valence-corrected chi connectivity index (χ4v) is 4.35. The number of aryl methyl sites for hydroxylation is 4. The number of amides is 2. The topological polar surface area (TPSA) is 71.8 Å². The zero-order chi connectivity index (χ0) is 23.4. The van der Waals surface area contributed by atoms with E-state index in [-0.39, 0.29) is 6.03 Å². The van der Waals surface area contributed by atoms with Gasteiger partial charge in [-0.3, -0.25) is 9.29 Å². The molecule has 2 heterocycles. The highest BCUT2D eigenvalue weighted by molar-refractivity contribution is 7.98. The highest BCUT2D eigenvalue weighted by Crippen LogP contribution is 2.24. The Kier molecular flexibility index (Phi) is 6.99. The molecule has 2 N–H and O–H groups in total. The number of urea groups is 1. The van der Waals surface area contributed by atoms with Gasteiger partial charge in [0.2, 0.25) is 0 Å². The minimum absolute atomic E-state index is 0.188. The SMILES string of the molecule is CCc1nc2c(C)cc(C)nc2n1-c1ccc(CCNC(=O)NSc2ccc(C)cc2)cc1. The molecule has 6 nitrogen and oxygen atoms in total. The molecule has 0 spiro atoms. The molecule has 33 heavy (non-hydrogen) atoms. The second-order valence-electron chi connectivity index (χ2n) is 8.16. The van der Waals surface area contributed by atoms with Crippen molar-refractivity contribution in [1.29, 1.82) is 0 Å². The number of carbonyl (C=O) groups is 1. The molecule has 4 aromatic rings. The second-order valence-corrected chi connectivity index (χ2v) is 9.04. The summed E-state index contributed by atoms with van der Waals surface area (Å²) in [7, 11) is 0. The van der Waals surface area contributed by atoms with Gasteiger partial charge in [-0.25, -0.2) is 14.8 Å². The standard InChI is InChI=1S/C26H29N5OS/c1-5-23-29-24-18(3)16-19(4)28-25(24)31(23)21-10-8-20(9-11-21)14-15-27-26(32)30-33-22-12-6-17(2)7-13-22/h6-13,16H,5,14-15H2,1-4H3,(H2,27,30,32). The van der Waals surface area contributed by atoms with E-state index in [0.29, 0.717) is 6.54 Å². The van der Waals surface area contributed by atoms with Gasteiger partial charge in [0.15, 0.2) is 5.65 Å². The van der Waals surface area contributed by atoms with Gasteiger partial charge in [-0.2, -0.15) is 0 Å². The molecule has 0 unspecified atom stereocenters. The fourth-order valence-electron chi connectivity index (χ4n) is 3.79. The molecule has 0 bridgehead atoms. The molecule has 170 valence electrons. The van der Waals surface area contributed by atoms with Crippen LogP contribution in [-0.4, -0.2) is 27.1 Å². The van der Waals surface area contributed by atoms with Gasteiger partial charge >= 0.3 is 6.03 Å². The number of imidazole rings is 1. The van der Waals surface area contributed by atoms with E-state index in [9.17, 15) is 4.79 Å². The molecule has 0 saturated carbocycles. The Bertz CT molecular complexity index is 1260. The van der Waals surface area contributed by atoms with Gasteiger partial charge < -0.3 is 5.32 Å². The molecule has 0 saturated heterocycles. The summed E-state index contributed by atoms with van der Waals surface area (Å²) < 4.78 is 4.97. The number of pyridine rings is 1. The number of benzene rings is 2. The maximum atomic E-state index is 12.1. The largest absolute Gasteiger partial charge is 0.337 e. The number of rotatable bonds is 7. The molecule has 0 fully saturated rings. The van der Waals surface area contributed by atoms with Gasteiger partial charge in [0.05, 0.1) is 0 Å². The molecule has 0 aliphatic rings. The van der Waals surface area contributed by atoms with Gasteiger partial charge in [-0.05, 0) is 80.6 Å². The molecular formula is C26H29N5OS. The van der Waals surface area contributed by atoms with E-state index in [2.05, 4.69) is 58.8 Å². The van der Waals surface area contributed by atoms with Crippen molar-refractivity contribution < 1.29 is 4.79 Å². The average molecular weight is 460 g/mol. The van der Waals surface area contributed by atoms with Gasteiger partial charge in [0.1, 0.15) is 11.3 Å². The van der Waals surface area contributed by atoms with Gasteiger partial charge in [-0.1, -0.05) is 36.8 Å². The first kappa shape index (κ1) is 22.9. The van der Waals surface area contributed by atoms with Crippen LogP contribution in [0.25, 0.3) is 16.9 Å². The lowest BCUT2D eigenvalue weighted by Gasteiger charge is -2.10. The van der Waals surface area contributed by atoms with Crippen LogP contribution in [0.1, 0.15) is 35.1 Å². The van der Waals surface area contributed by atoms with Crippen LogP contribution in [0.5, 0.6) is 0 Å². The van der Waals surface area contributed by atoms with Crippen molar-refractivity contribution in [2.75, 3.05) is 6.54 Å². The first-order chi connectivity index (χ1) is 15.9. The third-order valence-corrected chi connectivity index (χ3v) is 6.29. The third kappa shape index (κ3) is 5.37. The summed E-state index contributed by atoms with van der Waals surface area (Å²) >= 11 is 1.31. The lowest BCUT2D eigenvalue weighted by atomic mass is 10.1. The van der Waals surface area contributed by atoms with Gasteiger partial charge in [-0.15, -0.1) is 0 Å². The maximum Gasteiger partial charge on any atom is 0.325 e. The normalized spacial score (nSPS) is 11.0. The molecule has 4 rings (SSSR count). The third-order valence-electron chi connectivity index (χ3n) is 5.50. The zero-order valence-corrected chi connectivity index (χ0v) is 20.3. The lowest BCUT2D eigenvalue weighted by Crippen LogP contribution is -2.32. The number of carbonyl (C=O) groups excluding carboxylic acids is 1.